The van der Waals surface area contributed by atoms with Gasteiger partial charge in [0.2, 0.25) is 0 Å². The second-order valence-corrected chi connectivity index (χ2v) is 6.19. The van der Waals surface area contributed by atoms with Gasteiger partial charge in [0.05, 0.1) is 15.5 Å². The highest BCUT2D eigenvalue weighted by Gasteiger charge is 2.03. The first-order chi connectivity index (χ1) is 9.22. The Morgan fingerprint density at radius 3 is 2.84 bits per heavy atom. The van der Waals surface area contributed by atoms with Gasteiger partial charge in [-0.05, 0) is 31.2 Å². The molecule has 0 bridgehead atoms. The molecule has 1 aromatic carbocycles. The molecule has 0 aliphatic heterocycles. The molecular formula is C15H13ClN2S. The molecule has 0 atom stereocenters. The summed E-state index contributed by atoms with van der Waals surface area (Å²) in [5.41, 5.74) is 3.11. The molecule has 3 aromatic rings. The van der Waals surface area contributed by atoms with E-state index in [2.05, 4.69) is 28.5 Å². The van der Waals surface area contributed by atoms with Crippen molar-refractivity contribution in [1.82, 2.24) is 4.98 Å². The number of pyridine rings is 1. The van der Waals surface area contributed by atoms with E-state index in [1.807, 2.05) is 31.2 Å². The van der Waals surface area contributed by atoms with Gasteiger partial charge in [0.1, 0.15) is 0 Å². The van der Waals surface area contributed by atoms with Gasteiger partial charge in [-0.25, -0.2) is 0 Å². The minimum atomic E-state index is 0.770. The number of halogens is 1. The number of rotatable bonds is 3. The van der Waals surface area contributed by atoms with E-state index in [-0.39, 0.29) is 0 Å². The second-order valence-electron chi connectivity index (χ2n) is 4.39. The summed E-state index contributed by atoms with van der Waals surface area (Å²) in [6, 6.07) is 14.3. The van der Waals surface area contributed by atoms with E-state index in [4.69, 9.17) is 11.6 Å². The molecule has 0 spiro atoms. The first kappa shape index (κ1) is 12.5. The topological polar surface area (TPSA) is 24.9 Å². The summed E-state index contributed by atoms with van der Waals surface area (Å²) < 4.78 is 0.823. The van der Waals surface area contributed by atoms with Crippen molar-refractivity contribution in [3.05, 3.63) is 57.4 Å². The molecule has 3 rings (SSSR count). The number of nitrogens with zero attached hydrogens (tertiary/aromatic N) is 1. The van der Waals surface area contributed by atoms with Crippen molar-refractivity contribution in [3.8, 4) is 0 Å². The minimum Gasteiger partial charge on any atom is -0.378 e. The SMILES string of the molecule is Cc1ccc2cccc(NCc3ccc(Cl)s3)c2n1. The Kier molecular flexibility index (Phi) is 3.40. The fourth-order valence-electron chi connectivity index (χ4n) is 2.02. The Morgan fingerprint density at radius 2 is 2.05 bits per heavy atom. The number of hydrogen-bond acceptors (Lipinski definition) is 3. The lowest BCUT2D eigenvalue weighted by molar-refractivity contribution is 1.18. The molecule has 0 saturated carbocycles. The average Bonchev–Trinajstić information content (AvgIpc) is 2.82. The third kappa shape index (κ3) is 2.72. The Labute approximate surface area is 121 Å². The van der Waals surface area contributed by atoms with E-state index >= 15 is 0 Å². The minimum absolute atomic E-state index is 0.770. The first-order valence-corrected chi connectivity index (χ1v) is 7.26. The van der Waals surface area contributed by atoms with Crippen molar-refractivity contribution in [2.45, 2.75) is 13.5 Å². The molecular weight excluding hydrogens is 276 g/mol. The molecule has 0 aliphatic rings. The Balaban J connectivity index is 1.90. The van der Waals surface area contributed by atoms with E-state index in [0.717, 1.165) is 33.2 Å². The molecule has 1 N–H and O–H groups in total. The molecule has 2 heterocycles. The van der Waals surface area contributed by atoms with Gasteiger partial charge in [0.25, 0.3) is 0 Å². The number of nitrogens with one attached hydrogen (secondary N) is 1. The molecule has 0 fully saturated rings. The highest BCUT2D eigenvalue weighted by molar-refractivity contribution is 7.16. The molecule has 4 heteroatoms. The lowest BCUT2D eigenvalue weighted by Crippen LogP contribution is -1.99. The Morgan fingerprint density at radius 1 is 1.16 bits per heavy atom. The fraction of sp³-hybridized carbons (Fsp3) is 0.133. The van der Waals surface area contributed by atoms with Crippen molar-refractivity contribution in [2.24, 2.45) is 0 Å². The monoisotopic (exact) mass is 288 g/mol. The highest BCUT2D eigenvalue weighted by atomic mass is 35.5. The van der Waals surface area contributed by atoms with Crippen LogP contribution in [0.4, 0.5) is 5.69 Å². The quantitative estimate of drug-likeness (QED) is 0.744. The average molecular weight is 289 g/mol. The summed E-state index contributed by atoms with van der Waals surface area (Å²) >= 11 is 7.53. The molecule has 2 nitrogen and oxygen atoms in total. The molecule has 96 valence electrons. The van der Waals surface area contributed by atoms with Gasteiger partial charge in [-0.15, -0.1) is 11.3 Å². The summed E-state index contributed by atoms with van der Waals surface area (Å²) in [5.74, 6) is 0. The van der Waals surface area contributed by atoms with Crippen molar-refractivity contribution in [3.63, 3.8) is 0 Å². The van der Waals surface area contributed by atoms with Crippen LogP contribution < -0.4 is 5.32 Å². The lowest BCUT2D eigenvalue weighted by Gasteiger charge is -2.08. The molecule has 0 amide bonds. The third-order valence-corrected chi connectivity index (χ3v) is 4.17. The van der Waals surface area contributed by atoms with Crippen molar-refractivity contribution >= 4 is 39.5 Å². The van der Waals surface area contributed by atoms with Crippen LogP contribution in [0.2, 0.25) is 4.34 Å². The zero-order chi connectivity index (χ0) is 13.2. The summed E-state index contributed by atoms with van der Waals surface area (Å²) in [5, 5.41) is 4.59. The molecule has 19 heavy (non-hydrogen) atoms. The number of hydrogen-bond donors (Lipinski definition) is 1. The summed E-state index contributed by atoms with van der Waals surface area (Å²) in [6.07, 6.45) is 0. The number of anilines is 1. The van der Waals surface area contributed by atoms with Gasteiger partial charge in [-0.2, -0.15) is 0 Å². The zero-order valence-electron chi connectivity index (χ0n) is 10.5. The van der Waals surface area contributed by atoms with Crippen LogP contribution in [0.3, 0.4) is 0 Å². The van der Waals surface area contributed by atoms with Gasteiger partial charge in [-0.3, -0.25) is 4.98 Å². The van der Waals surface area contributed by atoms with Crippen molar-refractivity contribution in [2.75, 3.05) is 5.32 Å². The number of fused-ring (bicyclic) bond motifs is 1. The van der Waals surface area contributed by atoms with Crippen LogP contribution in [-0.4, -0.2) is 4.98 Å². The molecule has 0 aliphatic carbocycles. The number of aryl methyl sites for hydroxylation is 1. The van der Waals surface area contributed by atoms with Crippen LogP contribution in [0.1, 0.15) is 10.6 Å². The number of para-hydroxylation sites is 1. The maximum Gasteiger partial charge on any atom is 0.0936 e. The van der Waals surface area contributed by atoms with Gasteiger partial charge in [0.15, 0.2) is 0 Å². The van der Waals surface area contributed by atoms with E-state index in [9.17, 15) is 0 Å². The standard InChI is InChI=1S/C15H13ClN2S/c1-10-5-6-11-3-2-4-13(15(11)18-10)17-9-12-7-8-14(16)19-12/h2-8,17H,9H2,1H3. The number of thiophene rings is 1. The van der Waals surface area contributed by atoms with E-state index < -0.39 is 0 Å². The molecule has 0 radical (unpaired) electrons. The van der Waals surface area contributed by atoms with Crippen LogP contribution in [0, 0.1) is 6.92 Å². The van der Waals surface area contributed by atoms with Crippen LogP contribution in [0.15, 0.2) is 42.5 Å². The predicted octanol–water partition coefficient (Wildman–Crippen LogP) is 4.87. The van der Waals surface area contributed by atoms with Gasteiger partial charge < -0.3 is 5.32 Å². The molecule has 0 saturated heterocycles. The van der Waals surface area contributed by atoms with Crippen LogP contribution >= 0.6 is 22.9 Å². The van der Waals surface area contributed by atoms with E-state index in [1.165, 1.54) is 4.88 Å². The van der Waals surface area contributed by atoms with E-state index in [1.54, 1.807) is 11.3 Å². The van der Waals surface area contributed by atoms with Crippen LogP contribution in [0.5, 0.6) is 0 Å². The summed E-state index contributed by atoms with van der Waals surface area (Å²) in [4.78, 5) is 5.83. The maximum atomic E-state index is 5.94. The largest absolute Gasteiger partial charge is 0.378 e. The number of aromatic nitrogens is 1. The smallest absolute Gasteiger partial charge is 0.0936 e. The highest BCUT2D eigenvalue weighted by Crippen LogP contribution is 2.25. The third-order valence-electron chi connectivity index (χ3n) is 2.94. The van der Waals surface area contributed by atoms with Gasteiger partial charge >= 0.3 is 0 Å². The fourth-order valence-corrected chi connectivity index (χ4v) is 3.04. The zero-order valence-corrected chi connectivity index (χ0v) is 12.1. The number of benzene rings is 1. The van der Waals surface area contributed by atoms with E-state index in [0.29, 0.717) is 0 Å². The predicted molar refractivity (Wildman–Crippen MR) is 83.1 cm³/mol. The van der Waals surface area contributed by atoms with Crippen molar-refractivity contribution in [1.29, 1.82) is 0 Å². The summed E-state index contributed by atoms with van der Waals surface area (Å²) in [7, 11) is 0. The Bertz CT molecular complexity index is 721. The Hall–Kier alpha value is -1.58. The van der Waals surface area contributed by atoms with Crippen molar-refractivity contribution < 1.29 is 0 Å². The molecule has 0 unspecified atom stereocenters. The van der Waals surface area contributed by atoms with Gasteiger partial charge in [-0.1, -0.05) is 29.8 Å². The van der Waals surface area contributed by atoms with Crippen LogP contribution in [0.25, 0.3) is 10.9 Å². The van der Waals surface area contributed by atoms with Crippen LogP contribution in [-0.2, 0) is 6.54 Å². The summed E-state index contributed by atoms with van der Waals surface area (Å²) in [6.45, 7) is 2.78. The second kappa shape index (κ2) is 5.19. The maximum absolute atomic E-state index is 5.94. The van der Waals surface area contributed by atoms with Gasteiger partial charge in [0, 0.05) is 22.5 Å². The first-order valence-electron chi connectivity index (χ1n) is 6.07. The molecule has 2 aromatic heterocycles. The normalized spacial score (nSPS) is 10.8. The lowest BCUT2D eigenvalue weighted by atomic mass is 10.1.